The van der Waals surface area contributed by atoms with Crippen LogP contribution in [0.5, 0.6) is 0 Å². The maximum Gasteiger partial charge on any atom is 0.274 e. The minimum atomic E-state index is -0.812. The van der Waals surface area contributed by atoms with E-state index in [1.54, 1.807) is 24.3 Å². The van der Waals surface area contributed by atoms with Crippen LogP contribution in [-0.2, 0) is 4.79 Å². The molecule has 0 radical (unpaired) electrons. The van der Waals surface area contributed by atoms with Gasteiger partial charge in [-0.3, -0.25) is 9.59 Å². The van der Waals surface area contributed by atoms with Gasteiger partial charge >= 0.3 is 0 Å². The number of carbonyl (C=O) groups excluding carboxylic acids is 2. The Kier molecular flexibility index (Phi) is 5.54. The minimum absolute atomic E-state index is 0.0230. The van der Waals surface area contributed by atoms with Crippen LogP contribution in [0.3, 0.4) is 0 Å². The van der Waals surface area contributed by atoms with Gasteiger partial charge in [0.25, 0.3) is 5.91 Å². The largest absolute Gasteiger partial charge is 0.326 e. The van der Waals surface area contributed by atoms with Crippen molar-refractivity contribution in [1.29, 1.82) is 0 Å². The molecule has 0 bridgehead atoms. The number of benzene rings is 2. The zero-order valence-electron chi connectivity index (χ0n) is 14.7. The van der Waals surface area contributed by atoms with Crippen molar-refractivity contribution in [3.63, 3.8) is 0 Å². The number of nitrogens with zero attached hydrogens (tertiary/aromatic N) is 2. The number of halogens is 2. The lowest BCUT2D eigenvalue weighted by atomic mass is 10.2. The normalized spacial score (nSPS) is 10.2. The van der Waals surface area contributed by atoms with Crippen LogP contribution in [0.2, 0.25) is 0 Å². The van der Waals surface area contributed by atoms with Crippen molar-refractivity contribution < 1.29 is 18.4 Å². The Labute approximate surface area is 158 Å². The highest BCUT2D eigenvalue weighted by Crippen LogP contribution is 2.19. The van der Waals surface area contributed by atoms with Crippen molar-refractivity contribution in [3.8, 4) is 0 Å². The predicted octanol–water partition coefficient (Wildman–Crippen LogP) is 3.71. The van der Waals surface area contributed by atoms with Crippen molar-refractivity contribution in [1.82, 2.24) is 9.97 Å². The van der Waals surface area contributed by atoms with Crippen LogP contribution in [0.1, 0.15) is 17.4 Å². The molecule has 142 valence electrons. The number of amides is 2. The standard InChI is InChI=1S/C19H15F2N5O2/c1-11(27)23-13-3-2-4-14(10-13)24-18(28)17-7-8-22-19(26-17)25-16-6-5-12(20)9-15(16)21/h2-10H,1H3,(H,23,27)(H,24,28)(H,22,25,26). The second kappa shape index (κ2) is 8.21. The molecule has 3 aromatic rings. The first-order valence-corrected chi connectivity index (χ1v) is 8.15. The molecule has 0 spiro atoms. The monoisotopic (exact) mass is 383 g/mol. The zero-order valence-corrected chi connectivity index (χ0v) is 14.7. The van der Waals surface area contributed by atoms with E-state index in [0.29, 0.717) is 11.4 Å². The van der Waals surface area contributed by atoms with E-state index in [1.165, 1.54) is 25.3 Å². The maximum atomic E-state index is 13.7. The van der Waals surface area contributed by atoms with Gasteiger partial charge < -0.3 is 16.0 Å². The Morgan fingerprint density at radius 1 is 0.964 bits per heavy atom. The van der Waals surface area contributed by atoms with Crippen LogP contribution in [0.15, 0.2) is 54.7 Å². The van der Waals surface area contributed by atoms with E-state index in [9.17, 15) is 18.4 Å². The number of carbonyl (C=O) groups is 2. The molecule has 2 amide bonds. The summed E-state index contributed by atoms with van der Waals surface area (Å²) in [5.41, 5.74) is 0.989. The average molecular weight is 383 g/mol. The van der Waals surface area contributed by atoms with Gasteiger partial charge in [0.05, 0.1) is 5.69 Å². The molecule has 7 nitrogen and oxygen atoms in total. The summed E-state index contributed by atoms with van der Waals surface area (Å²) in [6, 6.07) is 11.0. The van der Waals surface area contributed by atoms with Gasteiger partial charge in [-0.1, -0.05) is 6.07 Å². The van der Waals surface area contributed by atoms with Crippen LogP contribution in [0, 0.1) is 11.6 Å². The lowest BCUT2D eigenvalue weighted by molar-refractivity contribution is -0.114. The number of aromatic nitrogens is 2. The summed E-state index contributed by atoms with van der Waals surface area (Å²) < 4.78 is 26.7. The molecule has 1 aromatic heterocycles. The summed E-state index contributed by atoms with van der Waals surface area (Å²) in [6.45, 7) is 1.38. The summed E-state index contributed by atoms with van der Waals surface area (Å²) in [6.07, 6.45) is 1.33. The Morgan fingerprint density at radius 2 is 1.71 bits per heavy atom. The molecule has 0 saturated heterocycles. The van der Waals surface area contributed by atoms with Crippen molar-refractivity contribution in [2.45, 2.75) is 6.92 Å². The fourth-order valence-corrected chi connectivity index (χ4v) is 2.33. The second-order valence-electron chi connectivity index (χ2n) is 5.73. The summed E-state index contributed by atoms with van der Waals surface area (Å²) >= 11 is 0. The molecule has 0 atom stereocenters. The van der Waals surface area contributed by atoms with E-state index in [0.717, 1.165) is 12.1 Å². The molecule has 0 saturated carbocycles. The molecule has 2 aromatic carbocycles. The fraction of sp³-hybridized carbons (Fsp3) is 0.0526. The Bertz CT molecular complexity index is 1040. The molecule has 0 aliphatic heterocycles. The molecule has 3 N–H and O–H groups in total. The molecule has 1 heterocycles. The van der Waals surface area contributed by atoms with Crippen LogP contribution >= 0.6 is 0 Å². The summed E-state index contributed by atoms with van der Waals surface area (Å²) in [7, 11) is 0. The number of hydrogen-bond acceptors (Lipinski definition) is 5. The fourth-order valence-electron chi connectivity index (χ4n) is 2.33. The number of anilines is 4. The van der Waals surface area contributed by atoms with Gasteiger partial charge in [-0.15, -0.1) is 0 Å². The van der Waals surface area contributed by atoms with E-state index in [2.05, 4.69) is 25.9 Å². The number of nitrogens with one attached hydrogen (secondary N) is 3. The van der Waals surface area contributed by atoms with E-state index >= 15 is 0 Å². The van der Waals surface area contributed by atoms with Crippen LogP contribution in [0.4, 0.5) is 31.8 Å². The van der Waals surface area contributed by atoms with Crippen molar-refractivity contribution >= 4 is 34.8 Å². The van der Waals surface area contributed by atoms with E-state index in [1.807, 2.05) is 0 Å². The molecular formula is C19H15F2N5O2. The van der Waals surface area contributed by atoms with Gasteiger partial charge in [0.2, 0.25) is 11.9 Å². The summed E-state index contributed by atoms with van der Waals surface area (Å²) in [5.74, 6) is -2.30. The Morgan fingerprint density at radius 3 is 2.43 bits per heavy atom. The van der Waals surface area contributed by atoms with Gasteiger partial charge in [-0.2, -0.15) is 0 Å². The van der Waals surface area contributed by atoms with Crippen LogP contribution in [0.25, 0.3) is 0 Å². The lowest BCUT2D eigenvalue weighted by Crippen LogP contribution is -2.15. The van der Waals surface area contributed by atoms with E-state index < -0.39 is 17.5 Å². The summed E-state index contributed by atoms with van der Waals surface area (Å²) in [4.78, 5) is 31.5. The lowest BCUT2D eigenvalue weighted by Gasteiger charge is -2.09. The number of rotatable bonds is 5. The van der Waals surface area contributed by atoms with Crippen LogP contribution < -0.4 is 16.0 Å². The van der Waals surface area contributed by atoms with E-state index in [-0.39, 0.29) is 23.2 Å². The smallest absolute Gasteiger partial charge is 0.274 e. The Balaban J connectivity index is 1.74. The molecule has 0 aliphatic carbocycles. The Hall–Kier alpha value is -3.88. The second-order valence-corrected chi connectivity index (χ2v) is 5.73. The molecule has 3 rings (SSSR count). The van der Waals surface area contributed by atoms with Gasteiger partial charge in [-0.25, -0.2) is 18.7 Å². The molecular weight excluding hydrogens is 368 g/mol. The highest BCUT2D eigenvalue weighted by atomic mass is 19.1. The third kappa shape index (κ3) is 4.85. The first-order chi connectivity index (χ1) is 13.4. The first kappa shape index (κ1) is 18.9. The zero-order chi connectivity index (χ0) is 20.1. The first-order valence-electron chi connectivity index (χ1n) is 8.15. The quantitative estimate of drug-likeness (QED) is 0.624. The van der Waals surface area contributed by atoms with Crippen LogP contribution in [-0.4, -0.2) is 21.8 Å². The highest BCUT2D eigenvalue weighted by Gasteiger charge is 2.11. The van der Waals surface area contributed by atoms with Crippen molar-refractivity contribution in [3.05, 3.63) is 72.1 Å². The highest BCUT2D eigenvalue weighted by molar-refractivity contribution is 6.03. The SMILES string of the molecule is CC(=O)Nc1cccc(NC(=O)c2ccnc(Nc3ccc(F)cc3F)n2)c1. The molecule has 28 heavy (non-hydrogen) atoms. The molecule has 0 aliphatic rings. The third-order valence-electron chi connectivity index (χ3n) is 3.51. The summed E-state index contributed by atoms with van der Waals surface area (Å²) in [5, 5.41) is 7.86. The van der Waals surface area contributed by atoms with E-state index in [4.69, 9.17) is 0 Å². The van der Waals surface area contributed by atoms with Crippen molar-refractivity contribution in [2.24, 2.45) is 0 Å². The molecule has 9 heteroatoms. The predicted molar refractivity (Wildman–Crippen MR) is 100 cm³/mol. The van der Waals surface area contributed by atoms with Gasteiger partial charge in [0.15, 0.2) is 0 Å². The topological polar surface area (TPSA) is 96.0 Å². The molecule has 0 unspecified atom stereocenters. The van der Waals surface area contributed by atoms with Crippen molar-refractivity contribution in [2.75, 3.05) is 16.0 Å². The van der Waals surface area contributed by atoms with Gasteiger partial charge in [0, 0.05) is 30.6 Å². The number of hydrogen-bond donors (Lipinski definition) is 3. The minimum Gasteiger partial charge on any atom is -0.326 e. The third-order valence-corrected chi connectivity index (χ3v) is 3.51. The molecule has 0 fully saturated rings. The van der Waals surface area contributed by atoms with Gasteiger partial charge in [0.1, 0.15) is 17.3 Å². The maximum absolute atomic E-state index is 13.7. The van der Waals surface area contributed by atoms with Gasteiger partial charge in [-0.05, 0) is 36.4 Å². The average Bonchev–Trinajstić information content (AvgIpc) is 2.64.